The molecule has 2 aromatic carbocycles. The number of benzene rings is 2. The minimum absolute atomic E-state index is 0.145. The molecule has 0 radical (unpaired) electrons. The van der Waals surface area contributed by atoms with Crippen LogP contribution in [0.5, 0.6) is 0 Å². The summed E-state index contributed by atoms with van der Waals surface area (Å²) in [6, 6.07) is 13.8. The van der Waals surface area contributed by atoms with E-state index in [1.54, 1.807) is 0 Å². The maximum atomic E-state index is 12.6. The molecule has 6 heteroatoms. The van der Waals surface area contributed by atoms with E-state index in [0.717, 1.165) is 40.0 Å². The number of hydrogen-bond acceptors (Lipinski definition) is 3. The number of thioether (sulfide) groups is 1. The Labute approximate surface area is 179 Å². The molecule has 4 rings (SSSR count). The van der Waals surface area contributed by atoms with Crippen molar-refractivity contribution in [3.8, 4) is 0 Å². The van der Waals surface area contributed by atoms with Crippen LogP contribution < -0.4 is 5.32 Å². The van der Waals surface area contributed by atoms with Crippen LogP contribution in [0, 0.1) is 13.8 Å². The Morgan fingerprint density at radius 3 is 2.79 bits per heavy atom. The van der Waals surface area contributed by atoms with E-state index in [1.165, 1.54) is 11.8 Å². The Morgan fingerprint density at radius 1 is 1.21 bits per heavy atom. The van der Waals surface area contributed by atoms with Crippen LogP contribution in [0.3, 0.4) is 0 Å². The van der Waals surface area contributed by atoms with E-state index < -0.39 is 0 Å². The number of hydrogen-bond donors (Lipinski definition) is 1. The molecule has 1 aliphatic heterocycles. The zero-order valence-corrected chi connectivity index (χ0v) is 17.8. The number of nitrogens with one attached hydrogen (secondary N) is 1. The first-order valence-electron chi connectivity index (χ1n) is 9.23. The smallest absolute Gasteiger partial charge is 0.264 e. The third-order valence-corrected chi connectivity index (χ3v) is 6.30. The van der Waals surface area contributed by atoms with Crippen molar-refractivity contribution in [2.24, 2.45) is 4.99 Å². The SMILES string of the molecule is C=CCn1c(C)c(/C=C2\SC(=Nc3cccc(Cl)c3C)NC2=O)c2ccccc21. The maximum Gasteiger partial charge on any atom is 0.264 e. The van der Waals surface area contributed by atoms with Gasteiger partial charge in [-0.2, -0.15) is 0 Å². The van der Waals surface area contributed by atoms with Crippen molar-refractivity contribution in [3.63, 3.8) is 0 Å². The lowest BCUT2D eigenvalue weighted by molar-refractivity contribution is -0.115. The largest absolute Gasteiger partial charge is 0.340 e. The average Bonchev–Trinajstić information content (AvgIpc) is 3.18. The molecule has 146 valence electrons. The molecular weight excluding hydrogens is 402 g/mol. The van der Waals surface area contributed by atoms with E-state index in [-0.39, 0.29) is 5.91 Å². The average molecular weight is 422 g/mol. The van der Waals surface area contributed by atoms with Gasteiger partial charge in [0, 0.05) is 33.7 Å². The molecule has 1 amide bonds. The van der Waals surface area contributed by atoms with Gasteiger partial charge in [0.05, 0.1) is 10.6 Å². The number of fused-ring (bicyclic) bond motifs is 1. The number of halogens is 1. The summed E-state index contributed by atoms with van der Waals surface area (Å²) in [4.78, 5) is 17.8. The van der Waals surface area contributed by atoms with Crippen molar-refractivity contribution in [1.29, 1.82) is 0 Å². The fraction of sp³-hybridized carbons (Fsp3) is 0.130. The lowest BCUT2D eigenvalue weighted by Crippen LogP contribution is -2.19. The molecule has 0 bridgehead atoms. The molecule has 1 N–H and O–H groups in total. The Bertz CT molecular complexity index is 1210. The summed E-state index contributed by atoms with van der Waals surface area (Å²) in [7, 11) is 0. The zero-order chi connectivity index (χ0) is 20.5. The molecule has 0 unspecified atom stereocenters. The first kappa shape index (κ1) is 19.6. The normalized spacial score (nSPS) is 16.7. The third-order valence-electron chi connectivity index (χ3n) is 4.98. The molecule has 29 heavy (non-hydrogen) atoms. The second kappa shape index (κ2) is 7.93. The van der Waals surface area contributed by atoms with Gasteiger partial charge in [-0.05, 0) is 55.4 Å². The van der Waals surface area contributed by atoms with Gasteiger partial charge in [-0.25, -0.2) is 4.99 Å². The van der Waals surface area contributed by atoms with Crippen molar-refractivity contribution in [2.45, 2.75) is 20.4 Å². The molecule has 1 aromatic heterocycles. The number of allylic oxidation sites excluding steroid dienone is 1. The van der Waals surface area contributed by atoms with E-state index in [0.29, 0.717) is 15.1 Å². The van der Waals surface area contributed by atoms with Gasteiger partial charge in [-0.3, -0.25) is 4.79 Å². The summed E-state index contributed by atoms with van der Waals surface area (Å²) in [6.45, 7) is 8.56. The van der Waals surface area contributed by atoms with Crippen molar-refractivity contribution in [1.82, 2.24) is 9.88 Å². The van der Waals surface area contributed by atoms with E-state index in [4.69, 9.17) is 11.6 Å². The van der Waals surface area contributed by atoms with Gasteiger partial charge in [0.1, 0.15) is 0 Å². The van der Waals surface area contributed by atoms with E-state index in [9.17, 15) is 4.79 Å². The number of nitrogens with zero attached hydrogens (tertiary/aromatic N) is 2. The molecule has 2 heterocycles. The highest BCUT2D eigenvalue weighted by Crippen LogP contribution is 2.34. The minimum Gasteiger partial charge on any atom is -0.340 e. The predicted octanol–water partition coefficient (Wildman–Crippen LogP) is 5.99. The van der Waals surface area contributed by atoms with Crippen molar-refractivity contribution >= 4 is 57.1 Å². The van der Waals surface area contributed by atoms with Gasteiger partial charge in [0.25, 0.3) is 5.91 Å². The molecule has 3 aromatic rings. The highest BCUT2D eigenvalue weighted by atomic mass is 35.5. The molecule has 1 fully saturated rings. The molecule has 0 saturated carbocycles. The lowest BCUT2D eigenvalue weighted by atomic mass is 10.1. The highest BCUT2D eigenvalue weighted by molar-refractivity contribution is 8.18. The zero-order valence-electron chi connectivity index (χ0n) is 16.2. The van der Waals surface area contributed by atoms with Crippen LogP contribution in [0.4, 0.5) is 5.69 Å². The summed E-state index contributed by atoms with van der Waals surface area (Å²) < 4.78 is 2.20. The molecule has 4 nitrogen and oxygen atoms in total. The van der Waals surface area contributed by atoms with Crippen LogP contribution in [0.1, 0.15) is 16.8 Å². The van der Waals surface area contributed by atoms with Crippen molar-refractivity contribution in [2.75, 3.05) is 0 Å². The molecule has 1 aliphatic rings. The monoisotopic (exact) mass is 421 g/mol. The van der Waals surface area contributed by atoms with Gasteiger partial charge in [0.15, 0.2) is 5.17 Å². The number of carbonyl (C=O) groups is 1. The van der Waals surface area contributed by atoms with Crippen LogP contribution in [0.2, 0.25) is 5.02 Å². The summed E-state index contributed by atoms with van der Waals surface area (Å²) in [5.41, 5.74) is 4.91. The summed E-state index contributed by atoms with van der Waals surface area (Å²) in [5, 5.41) is 5.18. The number of aromatic nitrogens is 1. The fourth-order valence-electron chi connectivity index (χ4n) is 3.44. The molecule has 0 spiro atoms. The topological polar surface area (TPSA) is 46.4 Å². The maximum absolute atomic E-state index is 12.6. The first-order valence-corrected chi connectivity index (χ1v) is 10.4. The van der Waals surface area contributed by atoms with Crippen LogP contribution in [-0.4, -0.2) is 15.6 Å². The number of amidine groups is 1. The van der Waals surface area contributed by atoms with Crippen molar-refractivity contribution < 1.29 is 4.79 Å². The van der Waals surface area contributed by atoms with Crippen molar-refractivity contribution in [3.05, 3.63) is 81.9 Å². The second-order valence-electron chi connectivity index (χ2n) is 6.78. The van der Waals surface area contributed by atoms with Gasteiger partial charge >= 0.3 is 0 Å². The van der Waals surface area contributed by atoms with Gasteiger partial charge < -0.3 is 9.88 Å². The molecule has 1 saturated heterocycles. The standard InChI is InChI=1S/C23H20ClN3OS/c1-4-12-27-15(3)17(16-8-5-6-11-20(16)27)13-21-22(28)26-23(29-21)25-19-10-7-9-18(24)14(19)2/h4-11,13H,1,12H2,2-3H3,(H,25,26,28)/b21-13-. The Kier molecular flexibility index (Phi) is 5.35. The van der Waals surface area contributed by atoms with Gasteiger partial charge in [0.2, 0.25) is 0 Å². The summed E-state index contributed by atoms with van der Waals surface area (Å²) in [5.74, 6) is -0.145. The number of rotatable bonds is 4. The van der Waals surface area contributed by atoms with E-state index in [1.807, 2.05) is 49.4 Å². The summed E-state index contributed by atoms with van der Waals surface area (Å²) >= 11 is 7.52. The number of aliphatic imine (C=N–C) groups is 1. The molecular formula is C23H20ClN3OS. The third kappa shape index (κ3) is 3.63. The van der Waals surface area contributed by atoms with Gasteiger partial charge in [-0.15, -0.1) is 6.58 Å². The van der Waals surface area contributed by atoms with Gasteiger partial charge in [-0.1, -0.05) is 41.9 Å². The Balaban J connectivity index is 1.74. The number of para-hydroxylation sites is 1. The predicted molar refractivity (Wildman–Crippen MR) is 124 cm³/mol. The second-order valence-corrected chi connectivity index (χ2v) is 8.22. The van der Waals surface area contributed by atoms with Crippen LogP contribution in [-0.2, 0) is 11.3 Å². The lowest BCUT2D eigenvalue weighted by Gasteiger charge is -2.04. The van der Waals surface area contributed by atoms with Crippen LogP contribution in [0.15, 0.2) is 65.0 Å². The van der Waals surface area contributed by atoms with Crippen LogP contribution >= 0.6 is 23.4 Å². The fourth-order valence-corrected chi connectivity index (χ4v) is 4.43. The summed E-state index contributed by atoms with van der Waals surface area (Å²) in [6.07, 6.45) is 3.83. The first-order chi connectivity index (χ1) is 14.0. The number of amides is 1. The minimum atomic E-state index is -0.145. The molecule has 0 aliphatic carbocycles. The number of carbonyl (C=O) groups excluding carboxylic acids is 1. The van der Waals surface area contributed by atoms with E-state index in [2.05, 4.69) is 40.5 Å². The van der Waals surface area contributed by atoms with E-state index >= 15 is 0 Å². The Hall–Kier alpha value is -2.76. The molecule has 0 atom stereocenters. The quantitative estimate of drug-likeness (QED) is 0.415. The highest BCUT2D eigenvalue weighted by Gasteiger charge is 2.25. The van der Waals surface area contributed by atoms with Crippen LogP contribution in [0.25, 0.3) is 17.0 Å². The Morgan fingerprint density at radius 2 is 2.00 bits per heavy atom.